The zero-order valence-corrected chi connectivity index (χ0v) is 12.2. The van der Waals surface area contributed by atoms with Crippen molar-refractivity contribution in [2.24, 2.45) is 5.73 Å². The van der Waals surface area contributed by atoms with E-state index in [9.17, 15) is 0 Å². The van der Waals surface area contributed by atoms with Crippen molar-refractivity contribution in [3.63, 3.8) is 0 Å². The quantitative estimate of drug-likeness (QED) is 0.718. The molecular weight excluding hydrogens is 240 g/mol. The van der Waals surface area contributed by atoms with Crippen molar-refractivity contribution in [2.75, 3.05) is 27.4 Å². The van der Waals surface area contributed by atoms with Crippen LogP contribution < -0.4 is 15.8 Å². The van der Waals surface area contributed by atoms with Gasteiger partial charge in [0.25, 0.3) is 0 Å². The number of hydrogen-bond acceptors (Lipinski definition) is 4. The Morgan fingerprint density at radius 3 is 2.74 bits per heavy atom. The molecule has 0 bridgehead atoms. The fraction of sp³-hybridized carbons (Fsp3) is 0.600. The number of hydrogen-bond donors (Lipinski definition) is 2. The van der Waals surface area contributed by atoms with Crippen molar-refractivity contribution < 1.29 is 9.47 Å². The van der Waals surface area contributed by atoms with Crippen LogP contribution >= 0.6 is 0 Å². The van der Waals surface area contributed by atoms with Gasteiger partial charge in [-0.1, -0.05) is 12.1 Å². The topological polar surface area (TPSA) is 56.5 Å². The summed E-state index contributed by atoms with van der Waals surface area (Å²) in [5.41, 5.74) is 6.78. The molecule has 0 fully saturated rings. The first-order valence-electron chi connectivity index (χ1n) is 6.80. The van der Waals surface area contributed by atoms with Gasteiger partial charge in [-0.25, -0.2) is 0 Å². The molecule has 0 amide bonds. The first-order chi connectivity index (χ1) is 9.21. The van der Waals surface area contributed by atoms with Crippen molar-refractivity contribution in [1.29, 1.82) is 0 Å². The highest BCUT2D eigenvalue weighted by Crippen LogP contribution is 2.19. The van der Waals surface area contributed by atoms with E-state index in [1.807, 2.05) is 12.1 Å². The van der Waals surface area contributed by atoms with Crippen molar-refractivity contribution in [3.05, 3.63) is 29.8 Å². The van der Waals surface area contributed by atoms with Crippen LogP contribution in [0.2, 0.25) is 0 Å². The van der Waals surface area contributed by atoms with E-state index in [1.54, 1.807) is 14.2 Å². The van der Waals surface area contributed by atoms with Gasteiger partial charge >= 0.3 is 0 Å². The molecule has 1 aromatic carbocycles. The summed E-state index contributed by atoms with van der Waals surface area (Å²) < 4.78 is 10.5. The minimum Gasteiger partial charge on any atom is -0.497 e. The molecule has 0 saturated carbocycles. The molecule has 3 N–H and O–H groups in total. The molecular formula is C15H26N2O2. The van der Waals surface area contributed by atoms with E-state index in [0.29, 0.717) is 12.6 Å². The Hall–Kier alpha value is -1.10. The molecule has 0 radical (unpaired) electrons. The molecule has 4 nitrogen and oxygen atoms in total. The lowest BCUT2D eigenvalue weighted by Crippen LogP contribution is -2.35. The van der Waals surface area contributed by atoms with Crippen molar-refractivity contribution in [3.8, 4) is 5.75 Å². The van der Waals surface area contributed by atoms with Gasteiger partial charge in [-0.15, -0.1) is 0 Å². The highest BCUT2D eigenvalue weighted by molar-refractivity contribution is 5.30. The molecule has 0 aliphatic heterocycles. The molecule has 108 valence electrons. The summed E-state index contributed by atoms with van der Waals surface area (Å²) in [6, 6.07) is 8.72. The molecule has 0 heterocycles. The molecule has 0 aliphatic carbocycles. The number of nitrogens with one attached hydrogen (secondary N) is 1. The first-order valence-corrected chi connectivity index (χ1v) is 6.80. The number of benzene rings is 1. The molecule has 0 spiro atoms. The van der Waals surface area contributed by atoms with E-state index in [1.165, 1.54) is 5.56 Å². The van der Waals surface area contributed by atoms with Gasteiger partial charge in [0, 0.05) is 19.2 Å². The summed E-state index contributed by atoms with van der Waals surface area (Å²) in [6.45, 7) is 3.57. The lowest BCUT2D eigenvalue weighted by molar-refractivity contribution is 0.156. The fourth-order valence-corrected chi connectivity index (χ4v) is 2.14. The van der Waals surface area contributed by atoms with Gasteiger partial charge in [0.1, 0.15) is 5.75 Å². The molecule has 2 atom stereocenters. The van der Waals surface area contributed by atoms with Crippen LogP contribution in [0.1, 0.15) is 31.4 Å². The van der Waals surface area contributed by atoms with Gasteiger partial charge in [-0.3, -0.25) is 0 Å². The molecule has 0 aromatic heterocycles. The van der Waals surface area contributed by atoms with Gasteiger partial charge < -0.3 is 20.5 Å². The minimum atomic E-state index is 0.257. The zero-order valence-electron chi connectivity index (χ0n) is 12.2. The zero-order chi connectivity index (χ0) is 14.1. The number of methoxy groups -OCH3 is 2. The average molecular weight is 266 g/mol. The normalized spacial score (nSPS) is 14.1. The van der Waals surface area contributed by atoms with Gasteiger partial charge in [0.15, 0.2) is 0 Å². The third-order valence-electron chi connectivity index (χ3n) is 3.20. The number of ether oxygens (including phenoxy) is 2. The van der Waals surface area contributed by atoms with Crippen LogP contribution in [-0.2, 0) is 4.74 Å². The van der Waals surface area contributed by atoms with E-state index in [-0.39, 0.29) is 6.04 Å². The van der Waals surface area contributed by atoms with Gasteiger partial charge in [-0.2, -0.15) is 0 Å². The standard InChI is InChI=1S/C15H26N2O2/c1-12(13-6-4-8-15(10-13)19-3)17-14(11-18-2)7-5-9-16/h4,6,8,10,12,14,17H,5,7,9,11,16H2,1-3H3/t12-,14?/m1/s1. The fourth-order valence-electron chi connectivity index (χ4n) is 2.14. The van der Waals surface area contributed by atoms with Crippen LogP contribution in [0.25, 0.3) is 0 Å². The lowest BCUT2D eigenvalue weighted by Gasteiger charge is -2.23. The minimum absolute atomic E-state index is 0.257. The predicted octanol–water partition coefficient (Wildman–Crippen LogP) is 2.10. The van der Waals surface area contributed by atoms with E-state index in [4.69, 9.17) is 15.2 Å². The highest BCUT2D eigenvalue weighted by atomic mass is 16.5. The second-order valence-electron chi connectivity index (χ2n) is 4.75. The second kappa shape index (κ2) is 8.91. The van der Waals surface area contributed by atoms with Crippen LogP contribution in [-0.4, -0.2) is 33.4 Å². The molecule has 0 saturated heterocycles. The van der Waals surface area contributed by atoms with Gasteiger partial charge in [0.05, 0.1) is 13.7 Å². The predicted molar refractivity (Wildman–Crippen MR) is 78.5 cm³/mol. The summed E-state index contributed by atoms with van der Waals surface area (Å²) in [5.74, 6) is 0.886. The van der Waals surface area contributed by atoms with Crippen LogP contribution in [0.4, 0.5) is 0 Å². The molecule has 0 aliphatic rings. The third-order valence-corrected chi connectivity index (χ3v) is 3.20. The van der Waals surface area contributed by atoms with E-state index in [2.05, 4.69) is 24.4 Å². The Balaban J connectivity index is 2.61. The molecule has 1 aromatic rings. The monoisotopic (exact) mass is 266 g/mol. The number of rotatable bonds is 9. The molecule has 19 heavy (non-hydrogen) atoms. The van der Waals surface area contributed by atoms with Crippen LogP contribution in [0, 0.1) is 0 Å². The van der Waals surface area contributed by atoms with Crippen LogP contribution in [0.3, 0.4) is 0 Å². The van der Waals surface area contributed by atoms with Crippen molar-refractivity contribution >= 4 is 0 Å². The van der Waals surface area contributed by atoms with Crippen LogP contribution in [0.5, 0.6) is 5.75 Å². The average Bonchev–Trinajstić information content (AvgIpc) is 2.45. The Labute approximate surface area is 116 Å². The van der Waals surface area contributed by atoms with Gasteiger partial charge in [0.2, 0.25) is 0 Å². The summed E-state index contributed by atoms with van der Waals surface area (Å²) in [6.07, 6.45) is 2.03. The Morgan fingerprint density at radius 2 is 2.11 bits per heavy atom. The first kappa shape index (κ1) is 16.0. The summed E-state index contributed by atoms with van der Waals surface area (Å²) in [7, 11) is 3.42. The van der Waals surface area contributed by atoms with E-state index < -0.39 is 0 Å². The number of nitrogens with two attached hydrogens (primary N) is 1. The SMILES string of the molecule is COCC(CCCN)N[C@H](C)c1cccc(OC)c1. The summed E-state index contributed by atoms with van der Waals surface area (Å²) in [4.78, 5) is 0. The van der Waals surface area contributed by atoms with E-state index in [0.717, 1.165) is 25.1 Å². The van der Waals surface area contributed by atoms with Crippen LogP contribution in [0.15, 0.2) is 24.3 Å². The lowest BCUT2D eigenvalue weighted by atomic mass is 10.1. The second-order valence-corrected chi connectivity index (χ2v) is 4.75. The van der Waals surface area contributed by atoms with E-state index >= 15 is 0 Å². The van der Waals surface area contributed by atoms with Crippen molar-refractivity contribution in [2.45, 2.75) is 31.8 Å². The maximum Gasteiger partial charge on any atom is 0.119 e. The smallest absolute Gasteiger partial charge is 0.119 e. The Morgan fingerprint density at radius 1 is 1.32 bits per heavy atom. The summed E-state index contributed by atoms with van der Waals surface area (Å²) >= 11 is 0. The highest BCUT2D eigenvalue weighted by Gasteiger charge is 2.13. The molecule has 4 heteroatoms. The molecule has 1 unspecified atom stereocenters. The summed E-state index contributed by atoms with van der Waals surface area (Å²) in [5, 5.41) is 3.58. The Bertz CT molecular complexity index is 358. The van der Waals surface area contributed by atoms with Gasteiger partial charge in [-0.05, 0) is 44.0 Å². The maximum absolute atomic E-state index is 5.57. The third kappa shape index (κ3) is 5.59. The van der Waals surface area contributed by atoms with Crippen molar-refractivity contribution in [1.82, 2.24) is 5.32 Å². The Kier molecular flexibility index (Phi) is 7.48. The largest absolute Gasteiger partial charge is 0.497 e. The maximum atomic E-state index is 5.57. The molecule has 1 rings (SSSR count).